The van der Waals surface area contributed by atoms with Crippen molar-refractivity contribution < 1.29 is 4.79 Å². The molecule has 204 valence electrons. The van der Waals surface area contributed by atoms with Gasteiger partial charge in [0.1, 0.15) is 16.9 Å². The Balaban J connectivity index is 0.00000370. The molecule has 1 atom stereocenters. The number of rotatable bonds is 4. The highest BCUT2D eigenvalue weighted by Gasteiger charge is 2.32. The number of thiophene rings is 2. The molecule has 3 N–H and O–H groups in total. The van der Waals surface area contributed by atoms with Crippen LogP contribution in [0.1, 0.15) is 55.4 Å². The Kier molecular flexibility index (Phi) is 9.47. The number of nitrogens with two attached hydrogens (primary N) is 1. The second-order valence-electron chi connectivity index (χ2n) is 8.86. The Morgan fingerprint density at radius 2 is 1.75 bits per heavy atom. The number of carbonyl (C=O) groups is 1. The first-order chi connectivity index (χ1) is 18.9. The maximum atomic E-state index is 13.0. The number of hydrogen-bond acceptors (Lipinski definition) is 7. The highest BCUT2D eigenvalue weighted by molar-refractivity contribution is 7.15. The van der Waals surface area contributed by atoms with Gasteiger partial charge in [0.2, 0.25) is 5.91 Å². The number of nitrogens with zero attached hydrogens (tertiary/aromatic N) is 4. The Bertz CT molecular complexity index is 1710. The van der Waals surface area contributed by atoms with Crippen LogP contribution in [0.2, 0.25) is 5.02 Å². The van der Waals surface area contributed by atoms with E-state index in [0.29, 0.717) is 17.4 Å². The number of aromatic nitrogens is 3. The third kappa shape index (κ3) is 6.15. The van der Waals surface area contributed by atoms with E-state index in [2.05, 4.69) is 53.0 Å². The van der Waals surface area contributed by atoms with Gasteiger partial charge in [-0.1, -0.05) is 47.4 Å². The lowest BCUT2D eigenvalue weighted by molar-refractivity contribution is -0.121. The van der Waals surface area contributed by atoms with Gasteiger partial charge in [0, 0.05) is 21.0 Å². The summed E-state index contributed by atoms with van der Waals surface area (Å²) in [4.78, 5) is 21.2. The molecular weight excluding hydrogens is 583 g/mol. The Morgan fingerprint density at radius 3 is 2.45 bits per heavy atom. The summed E-state index contributed by atoms with van der Waals surface area (Å²) in [5.74, 6) is 13.1. The molecule has 3 aromatic heterocycles. The molecule has 0 radical (unpaired) electrons. The molecule has 5 rings (SSSR count). The highest BCUT2D eigenvalue weighted by Crippen LogP contribution is 2.39. The van der Waals surface area contributed by atoms with Gasteiger partial charge >= 0.3 is 0 Å². The predicted octanol–water partition coefficient (Wildman–Crippen LogP) is 5.15. The zero-order chi connectivity index (χ0) is 27.5. The van der Waals surface area contributed by atoms with E-state index >= 15 is 0 Å². The fourth-order valence-corrected chi connectivity index (χ4v) is 6.36. The van der Waals surface area contributed by atoms with Crippen LogP contribution < -0.4 is 11.1 Å². The van der Waals surface area contributed by atoms with Crippen molar-refractivity contribution >= 4 is 58.3 Å². The van der Waals surface area contributed by atoms with Gasteiger partial charge in [-0.3, -0.25) is 14.4 Å². The summed E-state index contributed by atoms with van der Waals surface area (Å²) in [5.41, 5.74) is 9.35. The maximum absolute atomic E-state index is 13.0. The van der Waals surface area contributed by atoms with Gasteiger partial charge < -0.3 is 11.1 Å². The molecule has 1 unspecified atom stereocenters. The largest absolute Gasteiger partial charge is 0.345 e. The Hall–Kier alpha value is -3.44. The fourth-order valence-electron chi connectivity index (χ4n) is 4.26. The van der Waals surface area contributed by atoms with E-state index in [1.165, 1.54) is 16.2 Å². The quantitative estimate of drug-likeness (QED) is 0.313. The smallest absolute Gasteiger partial charge is 0.223 e. The third-order valence-corrected chi connectivity index (χ3v) is 8.60. The molecule has 0 fully saturated rings. The summed E-state index contributed by atoms with van der Waals surface area (Å²) in [5, 5.41) is 13.4. The van der Waals surface area contributed by atoms with Crippen LogP contribution in [-0.4, -0.2) is 39.5 Å². The summed E-state index contributed by atoms with van der Waals surface area (Å²) in [6.07, 6.45) is 0.113. The van der Waals surface area contributed by atoms with Crippen molar-refractivity contribution in [1.29, 1.82) is 0 Å². The van der Waals surface area contributed by atoms with Crippen molar-refractivity contribution in [3.05, 3.63) is 84.4 Å². The average molecular weight is 610 g/mol. The number of carbonyl (C=O) groups excluding carboxylic acids is 1. The molecule has 1 aromatic carbocycles. The number of benzene rings is 1. The van der Waals surface area contributed by atoms with E-state index in [1.54, 1.807) is 11.3 Å². The van der Waals surface area contributed by atoms with Crippen LogP contribution in [0.5, 0.6) is 0 Å². The summed E-state index contributed by atoms with van der Waals surface area (Å²) in [6, 6.07) is 10.9. The van der Waals surface area contributed by atoms with Gasteiger partial charge in [-0.25, -0.2) is 0 Å². The summed E-state index contributed by atoms with van der Waals surface area (Å²) in [7, 11) is 0. The molecule has 40 heavy (non-hydrogen) atoms. The van der Waals surface area contributed by atoms with Gasteiger partial charge in [0.15, 0.2) is 5.82 Å². The van der Waals surface area contributed by atoms with Gasteiger partial charge in [-0.05, 0) is 50.6 Å². The second kappa shape index (κ2) is 12.8. The van der Waals surface area contributed by atoms with Crippen molar-refractivity contribution in [3.8, 4) is 28.7 Å². The molecule has 1 aliphatic rings. The minimum Gasteiger partial charge on any atom is -0.345 e. The molecule has 11 heteroatoms. The lowest BCUT2D eigenvalue weighted by Gasteiger charge is -2.12. The van der Waals surface area contributed by atoms with Crippen LogP contribution in [0.25, 0.3) is 5.00 Å². The standard InChI is InChI=1S/C29H25ClN6OS2.ClH/c1-17-18(2)38-29-26(17)27(20-8-10-21(30)11-9-20)33-24(28-35-34-19(3)36(28)29)16-25(37)32-15-5-7-23-13-12-22(39-23)6-4-14-31;/h8-13,24H,14-16,31H2,1-3H3,(H,32,37);1H. The van der Waals surface area contributed by atoms with Crippen LogP contribution in [0.4, 0.5) is 0 Å². The van der Waals surface area contributed by atoms with Gasteiger partial charge in [0.25, 0.3) is 0 Å². The number of nitrogens with one attached hydrogen (secondary N) is 1. The SMILES string of the molecule is Cc1sc2c(c1C)C(c1ccc(Cl)cc1)=NC(CC(=O)NCC#Cc1ccc(C#CCN)s1)c1nnc(C)n1-2.Cl. The number of fused-ring (bicyclic) bond motifs is 3. The molecule has 0 spiro atoms. The summed E-state index contributed by atoms with van der Waals surface area (Å²) in [6.45, 7) is 6.66. The monoisotopic (exact) mass is 608 g/mol. The van der Waals surface area contributed by atoms with Crippen molar-refractivity contribution in [2.75, 3.05) is 13.1 Å². The van der Waals surface area contributed by atoms with Gasteiger partial charge in [0.05, 0.1) is 35.0 Å². The van der Waals surface area contributed by atoms with E-state index in [0.717, 1.165) is 43.0 Å². The average Bonchev–Trinajstić information content (AvgIpc) is 3.59. The van der Waals surface area contributed by atoms with Crippen molar-refractivity contribution in [3.63, 3.8) is 0 Å². The van der Waals surface area contributed by atoms with Crippen molar-refractivity contribution in [2.45, 2.75) is 33.2 Å². The third-order valence-electron chi connectivity index (χ3n) is 6.24. The molecule has 4 aromatic rings. The maximum Gasteiger partial charge on any atom is 0.223 e. The zero-order valence-electron chi connectivity index (χ0n) is 22.0. The second-order valence-corrected chi connectivity index (χ2v) is 11.6. The van der Waals surface area contributed by atoms with Gasteiger partial charge in [-0.2, -0.15) is 0 Å². The number of halogens is 2. The van der Waals surface area contributed by atoms with Crippen LogP contribution in [0.3, 0.4) is 0 Å². The first-order valence-corrected chi connectivity index (χ1v) is 14.3. The Labute approximate surface area is 252 Å². The molecule has 4 heterocycles. The minimum atomic E-state index is -0.523. The molecule has 0 saturated heterocycles. The van der Waals surface area contributed by atoms with E-state index in [-0.39, 0.29) is 31.3 Å². The molecule has 0 saturated carbocycles. The lowest BCUT2D eigenvalue weighted by atomic mass is 9.99. The first-order valence-electron chi connectivity index (χ1n) is 12.3. The molecule has 7 nitrogen and oxygen atoms in total. The van der Waals surface area contributed by atoms with Crippen molar-refractivity contribution in [2.24, 2.45) is 10.7 Å². The number of aliphatic imine (C=N–C) groups is 1. The van der Waals surface area contributed by atoms with E-state index in [9.17, 15) is 4.79 Å². The Morgan fingerprint density at radius 1 is 1.05 bits per heavy atom. The van der Waals surface area contributed by atoms with Crippen LogP contribution in [-0.2, 0) is 4.79 Å². The molecule has 1 amide bonds. The number of amides is 1. The van der Waals surface area contributed by atoms with E-state index in [4.69, 9.17) is 22.3 Å². The zero-order valence-corrected chi connectivity index (χ0v) is 25.2. The van der Waals surface area contributed by atoms with Crippen molar-refractivity contribution in [1.82, 2.24) is 20.1 Å². The molecule has 0 bridgehead atoms. The van der Waals surface area contributed by atoms with Crippen LogP contribution in [0, 0.1) is 44.5 Å². The fraction of sp³-hybridized carbons (Fsp3) is 0.241. The normalized spacial score (nSPS) is 13.3. The molecular formula is C29H26Cl2N6OS2. The van der Waals surface area contributed by atoms with Crippen LogP contribution in [0.15, 0.2) is 41.4 Å². The van der Waals surface area contributed by atoms with Gasteiger partial charge in [-0.15, -0.1) is 45.3 Å². The number of aryl methyl sites for hydroxylation is 2. The minimum absolute atomic E-state index is 0. The predicted molar refractivity (Wildman–Crippen MR) is 165 cm³/mol. The first kappa shape index (κ1) is 29.5. The highest BCUT2D eigenvalue weighted by atomic mass is 35.5. The number of hydrogen-bond donors (Lipinski definition) is 2. The van der Waals surface area contributed by atoms with E-state index in [1.807, 2.05) is 47.9 Å². The van der Waals surface area contributed by atoms with E-state index < -0.39 is 6.04 Å². The topological polar surface area (TPSA) is 98.2 Å². The molecule has 0 aliphatic carbocycles. The van der Waals surface area contributed by atoms with Crippen LogP contribution >= 0.6 is 46.7 Å². The molecule has 1 aliphatic heterocycles. The lowest BCUT2D eigenvalue weighted by Crippen LogP contribution is -2.25. The summed E-state index contributed by atoms with van der Waals surface area (Å²) < 4.78 is 2.03. The summed E-state index contributed by atoms with van der Waals surface area (Å²) >= 11 is 9.35.